The molecule has 10 heterocycles. The van der Waals surface area contributed by atoms with E-state index < -0.39 is 0 Å². The molecule has 0 saturated carbocycles. The fraction of sp³-hybridized carbons (Fsp3) is 0.387. The SMILES string of the molecule is CC(C)(C)c1cc(-c2c3nc(c(-c4cc(C(C)(C)C)cc(C(C)(C)C)c4)c4cc5c([nH]4)c4c6nc(cc6c6cc7nc6c4c4[nH]c(c(-c6cc(C(C)(C)C)cc(C(C)(C)C)c6)c6nc(c(-c8cc(C(C)(C)C)cc(C(C)(C)C)c8)c8ccc([nH]8)c7-c7cc(C(C)(C)C)cc(C(C)(C)C)c7)C=C6)c(Cl)c54)c(-c4cc(C(C)(C)C)cc(C(C)(C)C)c4)c4ccc2[nH]4)C=C3)cc(C(C)(C)C)c1. The van der Waals surface area contributed by atoms with E-state index in [0.29, 0.717) is 5.02 Å². The third-order valence-electron chi connectivity index (χ3n) is 28.6. The smallest absolute Gasteiger partial charge is 0.0818 e. The largest absolute Gasteiger partial charge is 0.354 e. The van der Waals surface area contributed by atoms with Crippen molar-refractivity contribution in [3.05, 3.63) is 246 Å². The van der Waals surface area contributed by atoms with E-state index in [9.17, 15) is 0 Å². The van der Waals surface area contributed by atoms with Crippen LogP contribution in [0, 0.1) is 0 Å². The van der Waals surface area contributed by atoms with Crippen molar-refractivity contribution in [2.45, 2.75) is 314 Å². The minimum atomic E-state index is -0.258. The van der Waals surface area contributed by atoms with Crippen molar-refractivity contribution in [3.63, 3.8) is 0 Å². The Balaban J connectivity index is 1.17. The molecule has 0 spiro atoms. The Morgan fingerprint density at radius 1 is 0.195 bits per heavy atom. The zero-order chi connectivity index (χ0) is 96.3. The lowest BCUT2D eigenvalue weighted by Gasteiger charge is -2.26. The summed E-state index contributed by atoms with van der Waals surface area (Å²) in [6.45, 7) is 84.1. The molecule has 133 heavy (non-hydrogen) atoms. The van der Waals surface area contributed by atoms with Crippen molar-refractivity contribution in [1.82, 2.24) is 39.9 Å². The standard InChI is InChI=1S/C124H141ClN8/c1-113(2,3)72-45-66(46-73(57-72)114(4,5)6)98-87-37-40-91(126-87)100(68-49-76(117(13,14)15)59-77(50-68)118(16,17)18)95-63-84-85-64-96-101(69-51-78(119(19,20)21)60-79(52-69)120(22,23)24)92-41-38-89(127-92)99(67-47-74(115(7,8)9)58-75(48-67)116(10,11)12)90-43-44-94(129-90)103(71-55-82(123(31,32)33)62-83(56-71)124(34,35)36)112-107(125)104-86-65-97(132-110(86)105(108(84)130-95)106(109(85)131-96)111(104)133-112)102(93-42-39-88(98)128-93)70-53-80(121(25,26)27)61-81(54-70)122(28,29)30/h37-65,126-127,132-133H,1-36H3. The summed E-state index contributed by atoms with van der Waals surface area (Å²) in [6, 6.07) is 60.3. The fourth-order valence-electron chi connectivity index (χ4n) is 19.8. The summed E-state index contributed by atoms with van der Waals surface area (Å²) < 4.78 is 0. The minimum Gasteiger partial charge on any atom is -0.354 e. The number of rotatable bonds is 6. The van der Waals surface area contributed by atoms with Crippen LogP contribution >= 0.6 is 11.6 Å². The second-order valence-corrected chi connectivity index (χ2v) is 52.0. The van der Waals surface area contributed by atoms with Crippen LogP contribution in [0.15, 0.2) is 152 Å². The number of benzene rings is 8. The first-order valence-corrected chi connectivity index (χ1v) is 48.9. The number of fused-ring (bicyclic) bond motifs is 14. The van der Waals surface area contributed by atoms with Crippen molar-refractivity contribution < 1.29 is 0 Å². The molecule has 0 fully saturated rings. The van der Waals surface area contributed by atoms with Gasteiger partial charge in [-0.15, -0.1) is 0 Å². The number of nitrogens with one attached hydrogen (secondary N) is 4. The Kier molecular flexibility index (Phi) is 21.1. The van der Waals surface area contributed by atoms with Gasteiger partial charge in [-0.2, -0.15) is 0 Å². The molecule has 8 nitrogen and oxygen atoms in total. The summed E-state index contributed by atoms with van der Waals surface area (Å²) in [5.41, 5.74) is 38.0. The van der Waals surface area contributed by atoms with Gasteiger partial charge < -0.3 is 19.9 Å². The maximum atomic E-state index is 9.07. The predicted octanol–water partition coefficient (Wildman–Crippen LogP) is 35.8. The van der Waals surface area contributed by atoms with Crippen LogP contribution in [-0.4, -0.2) is 39.9 Å². The Hall–Kier alpha value is -11.2. The second kappa shape index (κ2) is 30.4. The van der Waals surface area contributed by atoms with Crippen LogP contribution in [0.2, 0.25) is 5.02 Å². The number of aromatic nitrogens is 8. The Bertz CT molecular complexity index is 7630. The summed E-state index contributed by atoms with van der Waals surface area (Å²) >= 11 is 9.07. The van der Waals surface area contributed by atoms with E-state index in [1.807, 2.05) is 0 Å². The molecular formula is C124H141ClN8. The van der Waals surface area contributed by atoms with Crippen LogP contribution in [0.3, 0.4) is 0 Å². The molecule has 16 aromatic rings. The first-order valence-electron chi connectivity index (χ1n) is 48.5. The van der Waals surface area contributed by atoms with Crippen molar-refractivity contribution in [2.75, 3.05) is 0 Å². The Labute approximate surface area is 796 Å². The molecule has 0 unspecified atom stereocenters. The highest BCUT2D eigenvalue weighted by Crippen LogP contribution is 2.54. The highest BCUT2D eigenvalue weighted by molar-refractivity contribution is 6.48. The normalized spacial score (nSPS) is 14.0. The molecular weight excluding hydrogens is 1640 g/mol. The van der Waals surface area contributed by atoms with Crippen LogP contribution in [0.25, 0.3) is 190 Å². The lowest BCUT2D eigenvalue weighted by atomic mass is 9.78. The first kappa shape index (κ1) is 92.3. The van der Waals surface area contributed by atoms with Crippen molar-refractivity contribution >= 4 is 134 Å². The number of aromatic amines is 4. The average Bonchev–Trinajstić information content (AvgIpc) is 1.52. The molecule has 2 aliphatic rings. The molecule has 0 radical (unpaired) electrons. The number of H-pyrrole nitrogens is 4. The molecule has 0 amide bonds. The summed E-state index contributed by atoms with van der Waals surface area (Å²) in [7, 11) is 0. The molecule has 2 aliphatic heterocycles. The molecule has 684 valence electrons. The second-order valence-electron chi connectivity index (χ2n) is 51.6. The van der Waals surface area contributed by atoms with Gasteiger partial charge in [-0.05, 0) is 232 Å². The topological polar surface area (TPSA) is 115 Å². The zero-order valence-corrected chi connectivity index (χ0v) is 87.2. The van der Waals surface area contributed by atoms with E-state index in [2.05, 4.69) is 445 Å². The van der Waals surface area contributed by atoms with E-state index in [0.717, 1.165) is 188 Å². The third-order valence-corrected chi connectivity index (χ3v) is 29.0. The lowest BCUT2D eigenvalue weighted by Crippen LogP contribution is -2.16. The maximum absolute atomic E-state index is 9.07. The number of hydrogen-bond donors (Lipinski definition) is 4. The highest BCUT2D eigenvalue weighted by Gasteiger charge is 2.36. The van der Waals surface area contributed by atoms with E-state index >= 15 is 0 Å². The van der Waals surface area contributed by atoms with Gasteiger partial charge in [0, 0.05) is 93.3 Å². The monoisotopic (exact) mass is 1780 g/mol. The lowest BCUT2D eigenvalue weighted by molar-refractivity contribution is 0.568. The van der Waals surface area contributed by atoms with Crippen molar-refractivity contribution in [3.8, 4) is 66.8 Å². The summed E-state index contributed by atoms with van der Waals surface area (Å²) in [4.78, 5) is 42.7. The van der Waals surface area contributed by atoms with Gasteiger partial charge in [0.2, 0.25) is 0 Å². The summed E-state index contributed by atoms with van der Waals surface area (Å²) in [6.07, 6.45) is 9.07. The molecule has 0 saturated heterocycles. The van der Waals surface area contributed by atoms with Gasteiger partial charge in [0.15, 0.2) is 0 Å². The molecule has 0 aliphatic carbocycles. The van der Waals surface area contributed by atoms with Crippen LogP contribution in [0.4, 0.5) is 0 Å². The van der Waals surface area contributed by atoms with Crippen LogP contribution < -0.4 is 0 Å². The molecule has 9 heteroatoms. The zero-order valence-electron chi connectivity index (χ0n) is 86.4. The molecule has 4 N–H and O–H groups in total. The van der Waals surface area contributed by atoms with Crippen LogP contribution in [0.5, 0.6) is 0 Å². The van der Waals surface area contributed by atoms with Gasteiger partial charge in [-0.3, -0.25) is 0 Å². The van der Waals surface area contributed by atoms with Gasteiger partial charge in [0.1, 0.15) is 0 Å². The van der Waals surface area contributed by atoms with E-state index in [1.165, 1.54) is 66.8 Å². The van der Waals surface area contributed by atoms with Gasteiger partial charge in [0.25, 0.3) is 0 Å². The third kappa shape index (κ3) is 16.6. The van der Waals surface area contributed by atoms with Gasteiger partial charge in [-0.1, -0.05) is 370 Å². The Morgan fingerprint density at radius 3 is 0.684 bits per heavy atom. The van der Waals surface area contributed by atoms with E-state index in [1.54, 1.807) is 0 Å². The highest BCUT2D eigenvalue weighted by atomic mass is 35.5. The molecule has 8 aromatic carbocycles. The van der Waals surface area contributed by atoms with Gasteiger partial charge in [-0.25, -0.2) is 19.9 Å². The molecule has 0 atom stereocenters. The van der Waals surface area contributed by atoms with E-state index in [-0.39, 0.29) is 65.0 Å². The molecule has 16 bridgehead atoms. The number of nitrogens with zero attached hydrogens (tertiary/aromatic N) is 4. The molecule has 8 aromatic heterocycles. The summed E-state index contributed by atoms with van der Waals surface area (Å²) in [5, 5.41) is 6.13. The van der Waals surface area contributed by atoms with Crippen molar-refractivity contribution in [2.24, 2.45) is 0 Å². The minimum absolute atomic E-state index is 0.195. The summed E-state index contributed by atoms with van der Waals surface area (Å²) in [5.74, 6) is 0. The number of hydrogen-bond acceptors (Lipinski definition) is 4. The Morgan fingerprint density at radius 2 is 0.421 bits per heavy atom. The van der Waals surface area contributed by atoms with E-state index in [4.69, 9.17) is 31.5 Å². The quantitative estimate of drug-likeness (QED) is 0.133. The van der Waals surface area contributed by atoms with Gasteiger partial charge in [0.05, 0.1) is 66.4 Å². The van der Waals surface area contributed by atoms with Crippen LogP contribution in [-0.2, 0) is 65.0 Å². The predicted molar refractivity (Wildman–Crippen MR) is 579 cm³/mol. The van der Waals surface area contributed by atoms with Gasteiger partial charge >= 0.3 is 0 Å². The number of halogens is 1. The van der Waals surface area contributed by atoms with Crippen molar-refractivity contribution in [1.29, 1.82) is 0 Å². The average molecular weight is 1780 g/mol. The maximum Gasteiger partial charge on any atom is 0.0818 e. The van der Waals surface area contributed by atoms with Crippen LogP contribution in [0.1, 0.15) is 339 Å². The first-order chi connectivity index (χ1) is 61.3. The fourth-order valence-corrected chi connectivity index (χ4v) is 20.1. The molecule has 18 rings (SSSR count).